The molecule has 2 unspecified atom stereocenters. The van der Waals surface area contributed by atoms with E-state index in [9.17, 15) is 4.79 Å². The largest absolute Gasteiger partial charge is 0.468 e. The summed E-state index contributed by atoms with van der Waals surface area (Å²) in [6.07, 6.45) is 5.79. The summed E-state index contributed by atoms with van der Waals surface area (Å²) in [5.74, 6) is -0.188. The monoisotopic (exact) mass is 287 g/mol. The van der Waals surface area contributed by atoms with Crippen LogP contribution in [0.2, 0.25) is 0 Å². The average Bonchev–Trinajstić information content (AvgIpc) is 2.50. The van der Waals surface area contributed by atoms with Crippen LogP contribution >= 0.6 is 0 Å². The van der Waals surface area contributed by atoms with Crippen LogP contribution in [0.15, 0.2) is 0 Å². The second-order valence-corrected chi connectivity index (χ2v) is 5.38. The van der Waals surface area contributed by atoms with E-state index in [0.717, 1.165) is 38.7 Å². The first kappa shape index (κ1) is 17.4. The highest BCUT2D eigenvalue weighted by Gasteiger charge is 2.42. The molecule has 0 aliphatic heterocycles. The SMILES string of the molecule is CCCCOCCOC1CCCC(NC)(C(=O)OC)C1. The van der Waals surface area contributed by atoms with Gasteiger partial charge in [-0.3, -0.25) is 4.79 Å². The molecule has 0 bridgehead atoms. The van der Waals surface area contributed by atoms with Crippen molar-refractivity contribution in [1.82, 2.24) is 5.32 Å². The van der Waals surface area contributed by atoms with Gasteiger partial charge in [0.2, 0.25) is 0 Å². The molecule has 1 aliphatic rings. The van der Waals surface area contributed by atoms with E-state index in [4.69, 9.17) is 14.2 Å². The Hall–Kier alpha value is -0.650. The molecular formula is C15H29NO4. The van der Waals surface area contributed by atoms with Crippen molar-refractivity contribution >= 4 is 5.97 Å². The summed E-state index contributed by atoms with van der Waals surface area (Å²) in [6, 6.07) is 0. The number of carbonyl (C=O) groups excluding carboxylic acids is 1. The highest BCUT2D eigenvalue weighted by atomic mass is 16.5. The maximum absolute atomic E-state index is 11.9. The lowest BCUT2D eigenvalue weighted by molar-refractivity contribution is -0.152. The smallest absolute Gasteiger partial charge is 0.326 e. The fourth-order valence-electron chi connectivity index (χ4n) is 2.70. The van der Waals surface area contributed by atoms with Crippen LogP contribution in [0, 0.1) is 0 Å². The molecular weight excluding hydrogens is 258 g/mol. The number of rotatable bonds is 9. The van der Waals surface area contributed by atoms with E-state index in [-0.39, 0.29) is 12.1 Å². The van der Waals surface area contributed by atoms with E-state index in [1.807, 2.05) is 7.05 Å². The lowest BCUT2D eigenvalue weighted by Gasteiger charge is -2.38. The van der Waals surface area contributed by atoms with E-state index in [0.29, 0.717) is 19.6 Å². The van der Waals surface area contributed by atoms with Gasteiger partial charge in [-0.25, -0.2) is 0 Å². The van der Waals surface area contributed by atoms with Crippen molar-refractivity contribution in [2.24, 2.45) is 0 Å². The summed E-state index contributed by atoms with van der Waals surface area (Å²) in [4.78, 5) is 11.9. The molecule has 0 aromatic carbocycles. The van der Waals surface area contributed by atoms with Crippen LogP contribution < -0.4 is 5.32 Å². The zero-order valence-electron chi connectivity index (χ0n) is 13.1. The topological polar surface area (TPSA) is 56.8 Å². The van der Waals surface area contributed by atoms with Gasteiger partial charge in [0.15, 0.2) is 0 Å². The van der Waals surface area contributed by atoms with Crippen LogP contribution in [-0.2, 0) is 19.0 Å². The third-order valence-electron chi connectivity index (χ3n) is 3.98. The van der Waals surface area contributed by atoms with Gasteiger partial charge < -0.3 is 19.5 Å². The van der Waals surface area contributed by atoms with E-state index in [2.05, 4.69) is 12.2 Å². The van der Waals surface area contributed by atoms with E-state index in [1.165, 1.54) is 7.11 Å². The molecule has 0 heterocycles. The quantitative estimate of drug-likeness (QED) is 0.518. The van der Waals surface area contributed by atoms with Crippen molar-refractivity contribution in [2.45, 2.75) is 57.1 Å². The first-order valence-electron chi connectivity index (χ1n) is 7.65. The van der Waals surface area contributed by atoms with Gasteiger partial charge >= 0.3 is 5.97 Å². The summed E-state index contributed by atoms with van der Waals surface area (Å²) in [5.41, 5.74) is -0.583. The van der Waals surface area contributed by atoms with E-state index >= 15 is 0 Å². The zero-order valence-corrected chi connectivity index (χ0v) is 13.1. The third-order valence-corrected chi connectivity index (χ3v) is 3.98. The fraction of sp³-hybridized carbons (Fsp3) is 0.933. The minimum absolute atomic E-state index is 0.102. The molecule has 1 rings (SSSR count). The van der Waals surface area contributed by atoms with Crippen LogP contribution in [0.25, 0.3) is 0 Å². The molecule has 0 radical (unpaired) electrons. The Balaban J connectivity index is 2.31. The third kappa shape index (κ3) is 5.04. The molecule has 20 heavy (non-hydrogen) atoms. The first-order chi connectivity index (χ1) is 9.68. The van der Waals surface area contributed by atoms with Crippen LogP contribution in [0.4, 0.5) is 0 Å². The minimum Gasteiger partial charge on any atom is -0.468 e. The predicted octanol–water partition coefficient (Wildman–Crippen LogP) is 1.89. The van der Waals surface area contributed by atoms with Crippen LogP contribution in [0.5, 0.6) is 0 Å². The Labute approximate surface area is 122 Å². The molecule has 5 heteroatoms. The number of hydrogen-bond acceptors (Lipinski definition) is 5. The normalized spacial score (nSPS) is 26.4. The van der Waals surface area contributed by atoms with Gasteiger partial charge in [-0.15, -0.1) is 0 Å². The second-order valence-electron chi connectivity index (χ2n) is 5.38. The molecule has 2 atom stereocenters. The number of methoxy groups -OCH3 is 1. The molecule has 0 aromatic heterocycles. The van der Waals surface area contributed by atoms with Gasteiger partial charge in [-0.1, -0.05) is 13.3 Å². The van der Waals surface area contributed by atoms with Crippen LogP contribution in [0.3, 0.4) is 0 Å². The maximum Gasteiger partial charge on any atom is 0.326 e. The van der Waals surface area contributed by atoms with Crippen molar-refractivity contribution in [3.63, 3.8) is 0 Å². The van der Waals surface area contributed by atoms with Crippen molar-refractivity contribution in [3.05, 3.63) is 0 Å². The van der Waals surface area contributed by atoms with Crippen molar-refractivity contribution < 1.29 is 19.0 Å². The average molecular weight is 287 g/mol. The molecule has 0 saturated heterocycles. The molecule has 118 valence electrons. The Bertz CT molecular complexity index is 285. The summed E-state index contributed by atoms with van der Waals surface area (Å²) in [5, 5.41) is 3.13. The molecule has 0 spiro atoms. The number of likely N-dealkylation sites (N-methyl/N-ethyl adjacent to an activating group) is 1. The van der Waals surface area contributed by atoms with Gasteiger partial charge in [0.1, 0.15) is 5.54 Å². The summed E-state index contributed by atoms with van der Waals surface area (Å²) >= 11 is 0. The molecule has 0 amide bonds. The number of hydrogen-bond donors (Lipinski definition) is 1. The number of carbonyl (C=O) groups is 1. The molecule has 0 aromatic rings. The lowest BCUT2D eigenvalue weighted by Crippen LogP contribution is -2.55. The maximum atomic E-state index is 11.9. The second kappa shape index (κ2) is 9.32. The van der Waals surface area contributed by atoms with Gasteiger partial charge in [0.05, 0.1) is 26.4 Å². The predicted molar refractivity (Wildman–Crippen MR) is 77.7 cm³/mol. The fourth-order valence-corrected chi connectivity index (χ4v) is 2.70. The Kier molecular flexibility index (Phi) is 8.11. The van der Waals surface area contributed by atoms with E-state index < -0.39 is 5.54 Å². The minimum atomic E-state index is -0.583. The van der Waals surface area contributed by atoms with Gasteiger partial charge in [0.25, 0.3) is 0 Å². The van der Waals surface area contributed by atoms with Gasteiger partial charge in [-0.05, 0) is 32.7 Å². The molecule has 1 N–H and O–H groups in total. The Morgan fingerprint density at radius 2 is 2.15 bits per heavy atom. The van der Waals surface area contributed by atoms with Crippen molar-refractivity contribution in [3.8, 4) is 0 Å². The number of ether oxygens (including phenoxy) is 3. The van der Waals surface area contributed by atoms with Crippen molar-refractivity contribution in [2.75, 3.05) is 34.0 Å². The molecule has 5 nitrogen and oxygen atoms in total. The molecule has 1 fully saturated rings. The van der Waals surface area contributed by atoms with Gasteiger partial charge in [-0.2, -0.15) is 0 Å². The highest BCUT2D eigenvalue weighted by Crippen LogP contribution is 2.31. The first-order valence-corrected chi connectivity index (χ1v) is 7.65. The molecule has 1 saturated carbocycles. The summed E-state index contributed by atoms with van der Waals surface area (Å²) in [6.45, 7) is 4.16. The van der Waals surface area contributed by atoms with Crippen LogP contribution in [-0.4, -0.2) is 51.6 Å². The number of esters is 1. The number of unbranched alkanes of at least 4 members (excludes halogenated alkanes) is 1. The standard InChI is InChI=1S/C15H29NO4/c1-4-5-9-19-10-11-20-13-7-6-8-15(12-13,16-2)14(17)18-3/h13,16H,4-12H2,1-3H3. The highest BCUT2D eigenvalue weighted by molar-refractivity contribution is 5.80. The van der Waals surface area contributed by atoms with Crippen molar-refractivity contribution in [1.29, 1.82) is 0 Å². The van der Waals surface area contributed by atoms with Crippen LogP contribution in [0.1, 0.15) is 45.4 Å². The summed E-state index contributed by atoms with van der Waals surface area (Å²) in [7, 11) is 3.25. The summed E-state index contributed by atoms with van der Waals surface area (Å²) < 4.78 is 16.2. The van der Waals surface area contributed by atoms with E-state index in [1.54, 1.807) is 0 Å². The molecule has 1 aliphatic carbocycles. The zero-order chi connectivity index (χ0) is 14.8. The Morgan fingerprint density at radius 3 is 2.80 bits per heavy atom. The van der Waals surface area contributed by atoms with Gasteiger partial charge in [0, 0.05) is 13.0 Å². The number of nitrogens with one attached hydrogen (secondary N) is 1. The Morgan fingerprint density at radius 1 is 1.35 bits per heavy atom. The lowest BCUT2D eigenvalue weighted by atomic mass is 9.80.